The first-order chi connectivity index (χ1) is 7.29. The van der Waals surface area contributed by atoms with E-state index < -0.39 is 47.1 Å². The van der Waals surface area contributed by atoms with Crippen LogP contribution in [0, 0.1) is 29.1 Å². The van der Waals surface area contributed by atoms with Gasteiger partial charge < -0.3 is 5.73 Å². The molecule has 0 aliphatic heterocycles. The Balaban J connectivity index is 3.51. The average molecular weight is 247 g/mol. The van der Waals surface area contributed by atoms with E-state index in [1.165, 1.54) is 0 Å². The van der Waals surface area contributed by atoms with Crippen LogP contribution in [0.1, 0.15) is 11.6 Å². The van der Waals surface area contributed by atoms with Gasteiger partial charge >= 0.3 is 0 Å². The van der Waals surface area contributed by atoms with Gasteiger partial charge in [-0.2, -0.15) is 0 Å². The standard InChI is InChI=1S/C8H4F7N/c9-2-1(7(16)8(14)15)3(10)5(12)6(13)4(2)11/h7-8H,16H2/t7-/m1/s1. The lowest BCUT2D eigenvalue weighted by Gasteiger charge is -2.14. The molecule has 1 aromatic rings. The van der Waals surface area contributed by atoms with Crippen LogP contribution in [-0.2, 0) is 0 Å². The third-order valence-corrected chi connectivity index (χ3v) is 1.85. The molecular weight excluding hydrogens is 243 g/mol. The number of hydrogen-bond donors (Lipinski definition) is 1. The van der Waals surface area contributed by atoms with Crippen molar-refractivity contribution in [2.45, 2.75) is 12.5 Å². The molecule has 0 aliphatic carbocycles. The zero-order chi connectivity index (χ0) is 12.6. The van der Waals surface area contributed by atoms with Crippen molar-refractivity contribution in [3.63, 3.8) is 0 Å². The molecule has 90 valence electrons. The molecule has 0 saturated carbocycles. The fourth-order valence-corrected chi connectivity index (χ4v) is 1.04. The van der Waals surface area contributed by atoms with E-state index in [0.717, 1.165) is 0 Å². The van der Waals surface area contributed by atoms with Crippen molar-refractivity contribution in [1.82, 2.24) is 0 Å². The summed E-state index contributed by atoms with van der Waals surface area (Å²) in [6.07, 6.45) is -3.45. The summed E-state index contributed by atoms with van der Waals surface area (Å²) in [4.78, 5) is 0. The molecule has 0 fully saturated rings. The molecule has 2 N–H and O–H groups in total. The summed E-state index contributed by atoms with van der Waals surface area (Å²) in [5, 5.41) is 0. The van der Waals surface area contributed by atoms with Crippen LogP contribution in [0.25, 0.3) is 0 Å². The van der Waals surface area contributed by atoms with Crippen LogP contribution in [0.4, 0.5) is 30.7 Å². The zero-order valence-electron chi connectivity index (χ0n) is 7.38. The molecule has 0 heterocycles. The molecule has 0 aliphatic rings. The molecular formula is C8H4F7N. The molecule has 8 heteroatoms. The maximum atomic E-state index is 12.9. The first-order valence-corrected chi connectivity index (χ1v) is 3.84. The lowest BCUT2D eigenvalue weighted by Crippen LogP contribution is -2.24. The molecule has 0 radical (unpaired) electrons. The first-order valence-electron chi connectivity index (χ1n) is 3.84. The minimum atomic E-state index is -3.45. The third kappa shape index (κ3) is 1.84. The van der Waals surface area contributed by atoms with Crippen molar-refractivity contribution < 1.29 is 30.7 Å². The van der Waals surface area contributed by atoms with Crippen LogP contribution in [0.15, 0.2) is 0 Å². The van der Waals surface area contributed by atoms with Gasteiger partial charge in [0.1, 0.15) is 0 Å². The predicted molar refractivity (Wildman–Crippen MR) is 39.2 cm³/mol. The molecule has 0 spiro atoms. The summed E-state index contributed by atoms with van der Waals surface area (Å²) in [5.74, 6) is -11.7. The van der Waals surface area contributed by atoms with Crippen LogP contribution in [0.5, 0.6) is 0 Å². The van der Waals surface area contributed by atoms with E-state index in [4.69, 9.17) is 0 Å². The molecule has 1 nitrogen and oxygen atoms in total. The fourth-order valence-electron chi connectivity index (χ4n) is 1.04. The normalized spacial score (nSPS) is 13.3. The van der Waals surface area contributed by atoms with E-state index in [-0.39, 0.29) is 0 Å². The summed E-state index contributed by atoms with van der Waals surface area (Å²) in [6, 6.07) is -2.58. The second-order valence-electron chi connectivity index (χ2n) is 2.84. The number of hydrogen-bond acceptors (Lipinski definition) is 1. The highest BCUT2D eigenvalue weighted by Crippen LogP contribution is 2.29. The Morgan fingerprint density at radius 2 is 1.00 bits per heavy atom. The minimum Gasteiger partial charge on any atom is -0.319 e. The maximum Gasteiger partial charge on any atom is 0.257 e. The predicted octanol–water partition coefficient (Wildman–Crippen LogP) is 2.65. The average Bonchev–Trinajstić information content (AvgIpc) is 2.23. The van der Waals surface area contributed by atoms with Gasteiger partial charge in [0, 0.05) is 0 Å². The van der Waals surface area contributed by atoms with Crippen LogP contribution in [0.3, 0.4) is 0 Å². The van der Waals surface area contributed by atoms with Crippen LogP contribution >= 0.6 is 0 Å². The summed E-state index contributed by atoms with van der Waals surface area (Å²) < 4.78 is 87.5. The molecule has 0 aromatic heterocycles. The quantitative estimate of drug-likeness (QED) is 0.485. The van der Waals surface area contributed by atoms with E-state index in [1.807, 2.05) is 0 Å². The highest BCUT2D eigenvalue weighted by atomic mass is 19.3. The Morgan fingerprint density at radius 1 is 0.688 bits per heavy atom. The van der Waals surface area contributed by atoms with E-state index in [0.29, 0.717) is 0 Å². The van der Waals surface area contributed by atoms with Crippen molar-refractivity contribution >= 4 is 0 Å². The van der Waals surface area contributed by atoms with E-state index in [1.54, 1.807) is 0 Å². The maximum absolute atomic E-state index is 12.9. The summed E-state index contributed by atoms with van der Waals surface area (Å²) >= 11 is 0. The second kappa shape index (κ2) is 4.28. The number of nitrogens with two attached hydrogens (primary N) is 1. The van der Waals surface area contributed by atoms with Crippen molar-refractivity contribution in [1.29, 1.82) is 0 Å². The Bertz CT molecular complexity index is 388. The molecule has 0 saturated heterocycles. The van der Waals surface area contributed by atoms with Gasteiger partial charge in [-0.3, -0.25) is 0 Å². The van der Waals surface area contributed by atoms with E-state index in [9.17, 15) is 30.7 Å². The van der Waals surface area contributed by atoms with E-state index in [2.05, 4.69) is 5.73 Å². The van der Waals surface area contributed by atoms with Crippen LogP contribution in [-0.4, -0.2) is 6.43 Å². The van der Waals surface area contributed by atoms with Gasteiger partial charge in [0.05, 0.1) is 11.6 Å². The molecule has 1 atom stereocenters. The molecule has 0 unspecified atom stereocenters. The Hall–Kier alpha value is -1.31. The Morgan fingerprint density at radius 3 is 1.31 bits per heavy atom. The number of benzene rings is 1. The van der Waals surface area contributed by atoms with Gasteiger partial charge in [-0.1, -0.05) is 0 Å². The number of rotatable bonds is 2. The van der Waals surface area contributed by atoms with Crippen LogP contribution in [0.2, 0.25) is 0 Å². The highest BCUT2D eigenvalue weighted by molar-refractivity contribution is 5.27. The molecule has 16 heavy (non-hydrogen) atoms. The van der Waals surface area contributed by atoms with Gasteiger partial charge in [0.15, 0.2) is 23.3 Å². The topological polar surface area (TPSA) is 26.0 Å². The van der Waals surface area contributed by atoms with Crippen molar-refractivity contribution in [3.05, 3.63) is 34.6 Å². The highest BCUT2D eigenvalue weighted by Gasteiger charge is 2.32. The van der Waals surface area contributed by atoms with Gasteiger partial charge in [-0.15, -0.1) is 0 Å². The van der Waals surface area contributed by atoms with Crippen molar-refractivity contribution in [2.75, 3.05) is 0 Å². The second-order valence-corrected chi connectivity index (χ2v) is 2.84. The summed E-state index contributed by atoms with van der Waals surface area (Å²) in [7, 11) is 0. The number of alkyl halides is 2. The van der Waals surface area contributed by atoms with Crippen molar-refractivity contribution in [3.8, 4) is 0 Å². The van der Waals surface area contributed by atoms with E-state index >= 15 is 0 Å². The first kappa shape index (κ1) is 12.8. The van der Waals surface area contributed by atoms with Gasteiger partial charge in [0.25, 0.3) is 6.43 Å². The fraction of sp³-hybridized carbons (Fsp3) is 0.250. The zero-order valence-corrected chi connectivity index (χ0v) is 7.38. The lowest BCUT2D eigenvalue weighted by atomic mass is 10.1. The smallest absolute Gasteiger partial charge is 0.257 e. The third-order valence-electron chi connectivity index (χ3n) is 1.85. The van der Waals surface area contributed by atoms with Gasteiger partial charge in [-0.25, -0.2) is 30.7 Å². The van der Waals surface area contributed by atoms with Gasteiger partial charge in [-0.05, 0) is 0 Å². The molecule has 0 bridgehead atoms. The minimum absolute atomic E-state index is 1.72. The summed E-state index contributed by atoms with van der Waals surface area (Å²) in [5.41, 5.74) is 2.93. The summed E-state index contributed by atoms with van der Waals surface area (Å²) in [6.45, 7) is 0. The SMILES string of the molecule is N[C@H](c1c(F)c(F)c(F)c(F)c1F)C(F)F. The largest absolute Gasteiger partial charge is 0.319 e. The Labute approximate surface area is 84.7 Å². The monoisotopic (exact) mass is 247 g/mol. The Kier molecular flexibility index (Phi) is 3.41. The molecule has 1 rings (SSSR count). The van der Waals surface area contributed by atoms with Crippen LogP contribution < -0.4 is 5.73 Å². The van der Waals surface area contributed by atoms with Crippen molar-refractivity contribution in [2.24, 2.45) is 5.73 Å². The molecule has 0 amide bonds. The van der Waals surface area contributed by atoms with Gasteiger partial charge in [0.2, 0.25) is 5.82 Å². The molecule has 1 aromatic carbocycles. The number of halogens is 7. The lowest BCUT2D eigenvalue weighted by molar-refractivity contribution is 0.112.